The van der Waals surface area contributed by atoms with Gasteiger partial charge in [-0.1, -0.05) is 0 Å². The predicted molar refractivity (Wildman–Crippen MR) is 98.6 cm³/mol. The van der Waals surface area contributed by atoms with Crippen LogP contribution in [0.3, 0.4) is 0 Å². The number of hydrogen-bond donors (Lipinski definition) is 0. The Bertz CT molecular complexity index is 977. The summed E-state index contributed by atoms with van der Waals surface area (Å²) in [4.78, 5) is 26.7. The van der Waals surface area contributed by atoms with Gasteiger partial charge in [0, 0.05) is 31.1 Å². The summed E-state index contributed by atoms with van der Waals surface area (Å²) in [5, 5.41) is 0.615. The van der Waals surface area contributed by atoms with Crippen molar-refractivity contribution in [2.45, 2.75) is 26.3 Å². The van der Waals surface area contributed by atoms with Gasteiger partial charge in [0.1, 0.15) is 5.75 Å². The lowest BCUT2D eigenvalue weighted by molar-refractivity contribution is 0.0710. The van der Waals surface area contributed by atoms with E-state index in [9.17, 15) is 18.0 Å². The van der Waals surface area contributed by atoms with E-state index in [0.717, 1.165) is 0 Å². The van der Waals surface area contributed by atoms with Crippen molar-refractivity contribution >= 4 is 32.6 Å². The third-order valence-electron chi connectivity index (χ3n) is 4.83. The lowest BCUT2D eigenvalue weighted by atomic mass is 10.1. The number of carbonyl (C=O) groups is 2. The molecular formula is C18H22N2O5S. The van der Waals surface area contributed by atoms with Gasteiger partial charge in [0.2, 0.25) is 5.91 Å². The lowest BCUT2D eigenvalue weighted by Crippen LogP contribution is -2.40. The maximum Gasteiger partial charge on any atom is 0.256 e. The first kappa shape index (κ1) is 18.4. The van der Waals surface area contributed by atoms with E-state index in [2.05, 4.69) is 0 Å². The molecule has 1 atom stereocenters. The van der Waals surface area contributed by atoms with Crippen LogP contribution in [0.2, 0.25) is 0 Å². The number of benzene rings is 1. The number of rotatable bonds is 4. The average Bonchev–Trinajstić information content (AvgIpc) is 3.15. The molecule has 7 nitrogen and oxygen atoms in total. The fourth-order valence-corrected chi connectivity index (χ4v) is 5.24. The molecule has 1 aromatic heterocycles. The molecule has 2 aromatic rings. The van der Waals surface area contributed by atoms with Crippen molar-refractivity contribution in [3.05, 3.63) is 30.0 Å². The maximum atomic E-state index is 13.2. The van der Waals surface area contributed by atoms with Gasteiger partial charge in [0.05, 0.1) is 29.7 Å². The van der Waals surface area contributed by atoms with Crippen LogP contribution in [0, 0.1) is 0 Å². The highest BCUT2D eigenvalue weighted by Gasteiger charge is 2.35. The van der Waals surface area contributed by atoms with Gasteiger partial charge in [-0.15, -0.1) is 0 Å². The first-order valence-corrected chi connectivity index (χ1v) is 10.3. The number of amides is 1. The normalized spacial score (nSPS) is 18.8. The molecule has 8 heteroatoms. The predicted octanol–water partition coefficient (Wildman–Crippen LogP) is 1.96. The van der Waals surface area contributed by atoms with Crippen molar-refractivity contribution in [3.63, 3.8) is 0 Å². The van der Waals surface area contributed by atoms with Crippen molar-refractivity contribution in [3.8, 4) is 5.75 Å². The second-order valence-electron chi connectivity index (χ2n) is 6.46. The number of methoxy groups -OCH3 is 1. The quantitative estimate of drug-likeness (QED) is 0.812. The molecule has 1 fully saturated rings. The molecule has 0 bridgehead atoms. The van der Waals surface area contributed by atoms with Gasteiger partial charge in [-0.3, -0.25) is 14.2 Å². The Morgan fingerprint density at radius 3 is 2.62 bits per heavy atom. The van der Waals surface area contributed by atoms with E-state index in [1.165, 1.54) is 24.8 Å². The summed E-state index contributed by atoms with van der Waals surface area (Å²) >= 11 is 0. The van der Waals surface area contributed by atoms with Crippen LogP contribution in [0.5, 0.6) is 5.75 Å². The summed E-state index contributed by atoms with van der Waals surface area (Å²) in [6.45, 7) is 3.66. The molecule has 2 heterocycles. The van der Waals surface area contributed by atoms with Crippen molar-refractivity contribution in [2.24, 2.45) is 0 Å². The van der Waals surface area contributed by atoms with Crippen LogP contribution in [0.15, 0.2) is 24.4 Å². The molecule has 0 spiro atoms. The van der Waals surface area contributed by atoms with Gasteiger partial charge in [-0.05, 0) is 31.5 Å². The molecule has 140 valence electrons. The monoisotopic (exact) mass is 378 g/mol. The topological polar surface area (TPSA) is 85.7 Å². The fourth-order valence-electron chi connectivity index (χ4n) is 3.51. The Labute approximate surface area is 152 Å². The number of carbonyl (C=O) groups excluding carboxylic acids is 2. The summed E-state index contributed by atoms with van der Waals surface area (Å²) in [5.74, 6) is 0.198. The van der Waals surface area contributed by atoms with E-state index in [4.69, 9.17) is 4.74 Å². The van der Waals surface area contributed by atoms with E-state index in [1.54, 1.807) is 23.1 Å². The van der Waals surface area contributed by atoms with E-state index >= 15 is 0 Å². The van der Waals surface area contributed by atoms with Crippen molar-refractivity contribution in [1.29, 1.82) is 0 Å². The summed E-state index contributed by atoms with van der Waals surface area (Å²) < 4.78 is 30.3. The number of sulfone groups is 1. The Kier molecular flexibility index (Phi) is 4.79. The molecule has 26 heavy (non-hydrogen) atoms. The van der Waals surface area contributed by atoms with E-state index < -0.39 is 9.84 Å². The summed E-state index contributed by atoms with van der Waals surface area (Å²) in [5.41, 5.74) is 0.997. The minimum Gasteiger partial charge on any atom is -0.497 e. The second kappa shape index (κ2) is 6.75. The Hall–Kier alpha value is -2.35. The number of aromatic nitrogens is 1. The van der Waals surface area contributed by atoms with E-state index in [1.807, 2.05) is 6.92 Å². The molecule has 1 saturated heterocycles. The first-order valence-electron chi connectivity index (χ1n) is 8.49. The SMILES string of the molecule is CCN(C(=O)c1cn(C(C)=O)c2ccc(OC)cc12)C1CCS(=O)(=O)C1. The Morgan fingerprint density at radius 2 is 2.08 bits per heavy atom. The molecule has 3 rings (SSSR count). The van der Waals surface area contributed by atoms with Gasteiger partial charge < -0.3 is 9.64 Å². The van der Waals surface area contributed by atoms with Crippen LogP contribution in [-0.2, 0) is 9.84 Å². The van der Waals surface area contributed by atoms with Gasteiger partial charge in [-0.2, -0.15) is 0 Å². The first-order chi connectivity index (χ1) is 12.3. The van der Waals surface area contributed by atoms with Crippen LogP contribution in [0.1, 0.15) is 35.4 Å². The molecule has 1 aliphatic rings. The molecule has 1 unspecified atom stereocenters. The minimum absolute atomic E-state index is 0.0126. The second-order valence-corrected chi connectivity index (χ2v) is 8.69. The summed E-state index contributed by atoms with van der Waals surface area (Å²) in [6, 6.07) is 4.86. The molecule has 0 radical (unpaired) electrons. The number of nitrogens with zero attached hydrogens (tertiary/aromatic N) is 2. The lowest BCUT2D eigenvalue weighted by Gasteiger charge is -2.26. The van der Waals surface area contributed by atoms with Crippen LogP contribution < -0.4 is 4.74 Å². The van der Waals surface area contributed by atoms with Gasteiger partial charge >= 0.3 is 0 Å². The maximum absolute atomic E-state index is 13.2. The third-order valence-corrected chi connectivity index (χ3v) is 6.58. The van der Waals surface area contributed by atoms with Crippen molar-refractivity contribution in [2.75, 3.05) is 25.2 Å². The van der Waals surface area contributed by atoms with Gasteiger partial charge in [0.25, 0.3) is 5.91 Å². The Balaban J connectivity index is 2.08. The molecule has 0 aliphatic carbocycles. The highest BCUT2D eigenvalue weighted by Crippen LogP contribution is 2.28. The van der Waals surface area contributed by atoms with E-state index in [-0.39, 0.29) is 29.4 Å². The molecule has 1 aliphatic heterocycles. The Morgan fingerprint density at radius 1 is 1.35 bits per heavy atom. The van der Waals surface area contributed by atoms with Gasteiger partial charge in [-0.25, -0.2) is 8.42 Å². The van der Waals surface area contributed by atoms with Crippen molar-refractivity contribution < 1.29 is 22.7 Å². The highest BCUT2D eigenvalue weighted by atomic mass is 32.2. The van der Waals surface area contributed by atoms with Crippen molar-refractivity contribution in [1.82, 2.24) is 9.47 Å². The number of ether oxygens (including phenoxy) is 1. The van der Waals surface area contributed by atoms with Crippen LogP contribution in [-0.4, -0.2) is 60.9 Å². The summed E-state index contributed by atoms with van der Waals surface area (Å²) in [6.07, 6.45) is 1.97. The molecule has 0 N–H and O–H groups in total. The van der Waals surface area contributed by atoms with Crippen LogP contribution in [0.4, 0.5) is 0 Å². The van der Waals surface area contributed by atoms with Crippen LogP contribution in [0.25, 0.3) is 10.9 Å². The number of fused-ring (bicyclic) bond motifs is 1. The van der Waals surface area contributed by atoms with Gasteiger partial charge in [0.15, 0.2) is 9.84 Å². The van der Waals surface area contributed by atoms with E-state index in [0.29, 0.717) is 35.2 Å². The standard InChI is InChI=1S/C18H22N2O5S/c1-4-19(13-7-8-26(23,24)11-13)18(22)16-10-20(12(2)21)17-6-5-14(25-3)9-15(16)17/h5-6,9-10,13H,4,7-8,11H2,1-3H3. The summed E-state index contributed by atoms with van der Waals surface area (Å²) in [7, 11) is -1.57. The minimum atomic E-state index is -3.10. The third kappa shape index (κ3) is 3.21. The smallest absolute Gasteiger partial charge is 0.256 e. The molecular weight excluding hydrogens is 356 g/mol. The largest absolute Gasteiger partial charge is 0.497 e. The highest BCUT2D eigenvalue weighted by molar-refractivity contribution is 7.91. The fraction of sp³-hybridized carbons (Fsp3) is 0.444. The zero-order valence-electron chi connectivity index (χ0n) is 15.1. The zero-order chi connectivity index (χ0) is 19.1. The van der Waals surface area contributed by atoms with Crippen LogP contribution >= 0.6 is 0 Å². The average molecular weight is 378 g/mol. The molecule has 1 amide bonds. The number of hydrogen-bond acceptors (Lipinski definition) is 5. The molecule has 1 aromatic carbocycles. The zero-order valence-corrected chi connectivity index (χ0v) is 15.9. The molecule has 0 saturated carbocycles.